The molecular weight excluding hydrogens is 204 g/mol. The molecule has 15 heavy (non-hydrogen) atoms. The summed E-state index contributed by atoms with van der Waals surface area (Å²) in [5.41, 5.74) is -0.638. The van der Waals surface area contributed by atoms with Gasteiger partial charge in [0, 0.05) is 6.20 Å². The van der Waals surface area contributed by atoms with E-state index in [0.717, 1.165) is 6.07 Å². The number of nitriles is 1. The smallest absolute Gasteiger partial charge is 0.337 e. The quantitative estimate of drug-likeness (QED) is 0.752. The minimum Gasteiger partial charge on any atom is -0.337 e. The molecule has 0 fully saturated rings. The third-order valence-electron chi connectivity index (χ3n) is 1.60. The average Bonchev–Trinajstić information content (AvgIpc) is 2.27. The summed E-state index contributed by atoms with van der Waals surface area (Å²) in [5.74, 6) is -5.24. The highest BCUT2D eigenvalue weighted by Gasteiger charge is 2.41. The van der Waals surface area contributed by atoms with E-state index in [-0.39, 0.29) is 0 Å². The van der Waals surface area contributed by atoms with E-state index < -0.39 is 24.1 Å². The van der Waals surface area contributed by atoms with Crippen molar-refractivity contribution < 1.29 is 13.6 Å². The maximum Gasteiger partial charge on any atom is 0.366 e. The lowest BCUT2D eigenvalue weighted by molar-refractivity contribution is -0.147. The molecule has 6 heteroatoms. The zero-order valence-electron chi connectivity index (χ0n) is 7.58. The molecule has 1 N–H and O–H groups in total. The summed E-state index contributed by atoms with van der Waals surface area (Å²) in [6.07, 6.45) is 1.17. The highest BCUT2D eigenvalue weighted by atomic mass is 19.3. The van der Waals surface area contributed by atoms with E-state index in [1.807, 2.05) is 0 Å². The van der Waals surface area contributed by atoms with Crippen LogP contribution in [0, 0.1) is 11.3 Å². The van der Waals surface area contributed by atoms with E-state index in [0.29, 0.717) is 0 Å². The van der Waals surface area contributed by atoms with Crippen molar-refractivity contribution in [3.05, 3.63) is 30.1 Å². The second-order valence-corrected chi connectivity index (χ2v) is 2.63. The van der Waals surface area contributed by atoms with E-state index in [1.54, 1.807) is 5.32 Å². The molecule has 1 aromatic rings. The number of hydrogen-bond acceptors (Lipinski definition) is 3. The first-order chi connectivity index (χ1) is 7.09. The number of halogens is 2. The molecule has 0 unspecified atom stereocenters. The summed E-state index contributed by atoms with van der Waals surface area (Å²) in [6.45, 7) is -0.457. The number of carbonyl (C=O) groups excluding carboxylic acids is 1. The third-order valence-corrected chi connectivity index (χ3v) is 1.60. The van der Waals surface area contributed by atoms with E-state index in [9.17, 15) is 13.6 Å². The number of nitrogens with zero attached hydrogens (tertiary/aromatic N) is 2. The Bertz CT molecular complexity index is 386. The van der Waals surface area contributed by atoms with Crippen molar-refractivity contribution in [1.29, 1.82) is 5.26 Å². The second-order valence-electron chi connectivity index (χ2n) is 2.63. The molecule has 1 aromatic heterocycles. The summed E-state index contributed by atoms with van der Waals surface area (Å²) in [6, 6.07) is 5.40. The van der Waals surface area contributed by atoms with Gasteiger partial charge in [-0.25, -0.2) is 0 Å². The first-order valence-corrected chi connectivity index (χ1v) is 4.03. The minimum absolute atomic E-state index is 0.457. The van der Waals surface area contributed by atoms with Crippen LogP contribution in [0.25, 0.3) is 0 Å². The Hall–Kier alpha value is -2.03. The van der Waals surface area contributed by atoms with E-state index in [2.05, 4.69) is 4.98 Å². The minimum atomic E-state index is -3.71. The van der Waals surface area contributed by atoms with E-state index in [4.69, 9.17) is 5.26 Å². The largest absolute Gasteiger partial charge is 0.366 e. The monoisotopic (exact) mass is 211 g/mol. The Kier molecular flexibility index (Phi) is 3.29. The van der Waals surface area contributed by atoms with Crippen LogP contribution in [-0.4, -0.2) is 17.4 Å². The number of alkyl halides is 2. The molecule has 0 aliphatic carbocycles. The summed E-state index contributed by atoms with van der Waals surface area (Å²) in [5, 5.41) is 9.91. The van der Waals surface area contributed by atoms with Gasteiger partial charge in [-0.3, -0.25) is 9.78 Å². The van der Waals surface area contributed by atoms with Crippen LogP contribution in [-0.2, 0) is 10.7 Å². The Morgan fingerprint density at radius 1 is 1.60 bits per heavy atom. The maximum absolute atomic E-state index is 13.3. The molecule has 0 spiro atoms. The molecule has 78 valence electrons. The van der Waals surface area contributed by atoms with Gasteiger partial charge in [-0.15, -0.1) is 0 Å². The highest BCUT2D eigenvalue weighted by molar-refractivity contribution is 5.84. The predicted molar refractivity (Wildman–Crippen MR) is 46.8 cm³/mol. The molecule has 0 aliphatic rings. The van der Waals surface area contributed by atoms with Crippen molar-refractivity contribution in [3.63, 3.8) is 0 Å². The molecule has 1 heterocycles. The van der Waals surface area contributed by atoms with Gasteiger partial charge in [-0.2, -0.15) is 14.0 Å². The molecule has 0 radical (unpaired) electrons. The first kappa shape index (κ1) is 11.0. The average molecular weight is 211 g/mol. The number of hydrogen-bond donors (Lipinski definition) is 1. The molecule has 1 rings (SSSR count). The van der Waals surface area contributed by atoms with E-state index >= 15 is 0 Å². The SMILES string of the molecule is N#CCNC(=O)C(F)(F)c1ccccn1. The Morgan fingerprint density at radius 3 is 2.87 bits per heavy atom. The fourth-order valence-electron chi connectivity index (χ4n) is 0.896. The zero-order chi connectivity index (χ0) is 11.3. The van der Waals surface area contributed by atoms with Crippen LogP contribution in [0.5, 0.6) is 0 Å². The topological polar surface area (TPSA) is 65.8 Å². The maximum atomic E-state index is 13.3. The van der Waals surface area contributed by atoms with Gasteiger partial charge in [0.1, 0.15) is 12.2 Å². The van der Waals surface area contributed by atoms with Crippen LogP contribution in [0.3, 0.4) is 0 Å². The van der Waals surface area contributed by atoms with Gasteiger partial charge in [-0.05, 0) is 12.1 Å². The van der Waals surface area contributed by atoms with Gasteiger partial charge in [0.15, 0.2) is 0 Å². The number of amides is 1. The van der Waals surface area contributed by atoms with Crippen molar-refractivity contribution in [1.82, 2.24) is 10.3 Å². The third kappa shape index (κ3) is 2.47. The molecule has 0 bridgehead atoms. The Balaban J connectivity index is 2.84. The molecule has 0 saturated heterocycles. The molecule has 1 amide bonds. The standard InChI is InChI=1S/C9H7F2N3O/c10-9(11,8(15)14-6-4-12)7-3-1-2-5-13-7/h1-3,5H,6H2,(H,14,15). The fourth-order valence-corrected chi connectivity index (χ4v) is 0.896. The summed E-state index contributed by atoms with van der Waals surface area (Å²) in [4.78, 5) is 14.4. The lowest BCUT2D eigenvalue weighted by atomic mass is 10.2. The van der Waals surface area contributed by atoms with Gasteiger partial charge >= 0.3 is 5.92 Å². The van der Waals surface area contributed by atoms with Gasteiger partial charge < -0.3 is 5.32 Å². The van der Waals surface area contributed by atoms with Crippen LogP contribution >= 0.6 is 0 Å². The summed E-state index contributed by atoms with van der Waals surface area (Å²) < 4.78 is 26.6. The van der Waals surface area contributed by atoms with Crippen molar-refractivity contribution in [2.24, 2.45) is 0 Å². The molecule has 0 saturated carbocycles. The summed E-state index contributed by atoms with van der Waals surface area (Å²) in [7, 11) is 0. The molecule has 0 aromatic carbocycles. The summed E-state index contributed by atoms with van der Waals surface area (Å²) >= 11 is 0. The van der Waals surface area contributed by atoms with Crippen LogP contribution < -0.4 is 5.32 Å². The molecule has 4 nitrogen and oxygen atoms in total. The lowest BCUT2D eigenvalue weighted by Gasteiger charge is -2.13. The number of pyridine rings is 1. The predicted octanol–water partition coefficient (Wildman–Crippen LogP) is 0.813. The van der Waals surface area contributed by atoms with Crippen LogP contribution in [0.2, 0.25) is 0 Å². The van der Waals surface area contributed by atoms with Crippen molar-refractivity contribution in [3.8, 4) is 6.07 Å². The number of aromatic nitrogens is 1. The van der Waals surface area contributed by atoms with Crippen LogP contribution in [0.15, 0.2) is 24.4 Å². The Morgan fingerprint density at radius 2 is 2.33 bits per heavy atom. The number of carbonyl (C=O) groups is 1. The van der Waals surface area contributed by atoms with Crippen molar-refractivity contribution in [2.45, 2.75) is 5.92 Å². The van der Waals surface area contributed by atoms with Crippen molar-refractivity contribution in [2.75, 3.05) is 6.54 Å². The fraction of sp³-hybridized carbons (Fsp3) is 0.222. The normalized spacial score (nSPS) is 10.5. The van der Waals surface area contributed by atoms with Crippen LogP contribution in [0.4, 0.5) is 8.78 Å². The Labute approximate surface area is 84.5 Å². The highest BCUT2D eigenvalue weighted by Crippen LogP contribution is 2.25. The zero-order valence-corrected chi connectivity index (χ0v) is 7.58. The molecular formula is C9H7F2N3O. The lowest BCUT2D eigenvalue weighted by Crippen LogP contribution is -2.38. The number of rotatable bonds is 3. The molecule has 0 atom stereocenters. The first-order valence-electron chi connectivity index (χ1n) is 4.03. The van der Waals surface area contributed by atoms with E-state index in [1.165, 1.54) is 24.4 Å². The molecule has 0 aliphatic heterocycles. The number of nitrogens with one attached hydrogen (secondary N) is 1. The van der Waals surface area contributed by atoms with Crippen molar-refractivity contribution >= 4 is 5.91 Å². The van der Waals surface area contributed by atoms with Gasteiger partial charge in [-0.1, -0.05) is 6.07 Å². The van der Waals surface area contributed by atoms with Gasteiger partial charge in [0.2, 0.25) is 0 Å². The second kappa shape index (κ2) is 4.46. The van der Waals surface area contributed by atoms with Gasteiger partial charge in [0.05, 0.1) is 6.07 Å². The van der Waals surface area contributed by atoms with Gasteiger partial charge in [0.25, 0.3) is 5.91 Å². The van der Waals surface area contributed by atoms with Crippen LogP contribution in [0.1, 0.15) is 5.69 Å².